The van der Waals surface area contributed by atoms with Crippen LogP contribution in [-0.4, -0.2) is 15.6 Å². The van der Waals surface area contributed by atoms with Gasteiger partial charge in [0.1, 0.15) is 0 Å². The molecule has 1 aromatic carbocycles. The molecule has 0 aliphatic carbocycles. The molecule has 0 spiro atoms. The van der Waals surface area contributed by atoms with Crippen molar-refractivity contribution in [1.29, 1.82) is 0 Å². The number of aromatic nitrogens is 2. The smallest absolute Gasteiger partial charge is 0.194 e. The number of nitrogens with zero attached hydrogens (tertiary/aromatic N) is 2. The summed E-state index contributed by atoms with van der Waals surface area (Å²) in [4.78, 5) is 12.1. The minimum Gasteiger partial charge on any atom is -0.289 e. The Morgan fingerprint density at radius 2 is 1.76 bits per heavy atom. The summed E-state index contributed by atoms with van der Waals surface area (Å²) in [6, 6.07) is 1.65. The van der Waals surface area contributed by atoms with Crippen molar-refractivity contribution in [2.45, 2.75) is 13.8 Å². The van der Waals surface area contributed by atoms with Gasteiger partial charge in [0.15, 0.2) is 23.2 Å². The molecule has 0 saturated carbocycles. The Morgan fingerprint density at radius 3 is 2.24 bits per heavy atom. The first kappa shape index (κ1) is 15.0. The summed E-state index contributed by atoms with van der Waals surface area (Å²) in [5.74, 6) is -4.45. The minimum atomic E-state index is -1.53. The van der Waals surface area contributed by atoms with Gasteiger partial charge in [-0.05, 0) is 37.6 Å². The molecule has 0 aliphatic rings. The van der Waals surface area contributed by atoms with Crippen LogP contribution in [0.15, 0.2) is 18.2 Å². The number of carbonyl (C=O) groups excluding carboxylic acids is 1. The van der Waals surface area contributed by atoms with Crippen LogP contribution < -0.4 is 0 Å². The Balaban J connectivity index is 2.31. The van der Waals surface area contributed by atoms with Crippen molar-refractivity contribution in [1.82, 2.24) is 9.78 Å². The first-order valence-corrected chi connectivity index (χ1v) is 6.18. The third kappa shape index (κ3) is 2.89. The number of carbonyl (C=O) groups is 1. The Morgan fingerprint density at radius 1 is 1.19 bits per heavy atom. The number of halogens is 3. The summed E-state index contributed by atoms with van der Waals surface area (Å²) in [6.45, 7) is 3.45. The summed E-state index contributed by atoms with van der Waals surface area (Å²) in [5.41, 5.74) is 1.77. The molecule has 1 aromatic heterocycles. The van der Waals surface area contributed by atoms with Crippen LogP contribution in [-0.2, 0) is 7.05 Å². The third-order valence-corrected chi connectivity index (χ3v) is 3.19. The van der Waals surface area contributed by atoms with Crippen molar-refractivity contribution >= 4 is 11.9 Å². The zero-order valence-corrected chi connectivity index (χ0v) is 11.7. The normalized spacial score (nSPS) is 11.3. The van der Waals surface area contributed by atoms with E-state index in [4.69, 9.17) is 0 Å². The van der Waals surface area contributed by atoms with Crippen molar-refractivity contribution in [3.8, 4) is 0 Å². The van der Waals surface area contributed by atoms with Gasteiger partial charge in [0.2, 0.25) is 0 Å². The molecule has 0 aliphatic heterocycles. The summed E-state index contributed by atoms with van der Waals surface area (Å²) in [7, 11) is 1.72. The fourth-order valence-electron chi connectivity index (χ4n) is 2.06. The lowest BCUT2D eigenvalue weighted by Crippen LogP contribution is -1.99. The van der Waals surface area contributed by atoms with Gasteiger partial charge in [-0.25, -0.2) is 13.2 Å². The first-order chi connectivity index (χ1) is 9.81. The van der Waals surface area contributed by atoms with Crippen molar-refractivity contribution in [3.05, 3.63) is 58.2 Å². The highest BCUT2D eigenvalue weighted by Crippen LogP contribution is 2.17. The van der Waals surface area contributed by atoms with Crippen molar-refractivity contribution in [3.63, 3.8) is 0 Å². The molecule has 0 bridgehead atoms. The lowest BCUT2D eigenvalue weighted by molar-refractivity contribution is 0.104. The maximum atomic E-state index is 13.1. The van der Waals surface area contributed by atoms with E-state index in [1.54, 1.807) is 25.6 Å². The van der Waals surface area contributed by atoms with E-state index in [-0.39, 0.29) is 11.3 Å². The number of rotatable bonds is 3. The molecule has 3 nitrogen and oxygen atoms in total. The minimum absolute atomic E-state index is 0.0685. The van der Waals surface area contributed by atoms with Gasteiger partial charge in [-0.15, -0.1) is 0 Å². The monoisotopic (exact) mass is 294 g/mol. The van der Waals surface area contributed by atoms with E-state index in [1.807, 2.05) is 0 Å². The quantitative estimate of drug-likeness (QED) is 0.494. The maximum Gasteiger partial charge on any atom is 0.194 e. The van der Waals surface area contributed by atoms with Crippen LogP contribution in [0.3, 0.4) is 0 Å². The van der Waals surface area contributed by atoms with E-state index in [1.165, 1.54) is 12.2 Å². The van der Waals surface area contributed by atoms with Gasteiger partial charge in [-0.1, -0.05) is 6.08 Å². The molecule has 2 rings (SSSR count). The van der Waals surface area contributed by atoms with Crippen LogP contribution in [0, 0.1) is 31.3 Å². The number of hydrogen-bond acceptors (Lipinski definition) is 2. The fourth-order valence-corrected chi connectivity index (χ4v) is 2.06. The third-order valence-electron chi connectivity index (χ3n) is 3.19. The van der Waals surface area contributed by atoms with Crippen LogP contribution in [0.2, 0.25) is 0 Å². The topological polar surface area (TPSA) is 34.9 Å². The summed E-state index contributed by atoms with van der Waals surface area (Å²) >= 11 is 0. The number of aryl methyl sites for hydroxylation is 2. The average Bonchev–Trinajstić information content (AvgIpc) is 2.66. The molecule has 0 radical (unpaired) electrons. The molecule has 0 atom stereocenters. The molecular formula is C15H13F3N2O. The molecule has 0 saturated heterocycles. The summed E-state index contributed by atoms with van der Waals surface area (Å²) in [6.07, 6.45) is 2.42. The second-order valence-electron chi connectivity index (χ2n) is 4.67. The fraction of sp³-hybridized carbons (Fsp3) is 0.200. The van der Waals surface area contributed by atoms with Crippen LogP contribution in [0.5, 0.6) is 0 Å². The van der Waals surface area contributed by atoms with Gasteiger partial charge in [0.05, 0.1) is 11.3 Å². The first-order valence-electron chi connectivity index (χ1n) is 6.18. The highest BCUT2D eigenvalue weighted by molar-refractivity contribution is 6.08. The van der Waals surface area contributed by atoms with Crippen LogP contribution >= 0.6 is 0 Å². The van der Waals surface area contributed by atoms with Gasteiger partial charge in [0.25, 0.3) is 0 Å². The zero-order valence-electron chi connectivity index (χ0n) is 11.7. The average molecular weight is 294 g/mol. The second kappa shape index (κ2) is 5.55. The summed E-state index contributed by atoms with van der Waals surface area (Å²) in [5, 5.41) is 4.12. The Bertz CT molecular complexity index is 725. The van der Waals surface area contributed by atoms with Crippen molar-refractivity contribution in [2.75, 3.05) is 0 Å². The van der Waals surface area contributed by atoms with Crippen molar-refractivity contribution < 1.29 is 18.0 Å². The maximum absolute atomic E-state index is 13.1. The Kier molecular flexibility index (Phi) is 3.97. The van der Waals surface area contributed by atoms with Gasteiger partial charge < -0.3 is 0 Å². The second-order valence-corrected chi connectivity index (χ2v) is 4.67. The molecule has 0 N–H and O–H groups in total. The highest BCUT2D eigenvalue weighted by Gasteiger charge is 2.15. The van der Waals surface area contributed by atoms with E-state index in [9.17, 15) is 18.0 Å². The van der Waals surface area contributed by atoms with E-state index in [0.29, 0.717) is 17.0 Å². The van der Waals surface area contributed by atoms with Gasteiger partial charge in [-0.3, -0.25) is 9.48 Å². The molecule has 2 aromatic rings. The largest absolute Gasteiger partial charge is 0.289 e. The van der Waals surface area contributed by atoms with Crippen LogP contribution in [0.4, 0.5) is 13.2 Å². The lowest BCUT2D eigenvalue weighted by atomic mass is 10.1. The molecule has 21 heavy (non-hydrogen) atoms. The predicted molar refractivity (Wildman–Crippen MR) is 72.4 cm³/mol. The van der Waals surface area contributed by atoms with Gasteiger partial charge >= 0.3 is 0 Å². The highest BCUT2D eigenvalue weighted by atomic mass is 19.2. The predicted octanol–water partition coefficient (Wildman–Crippen LogP) is 3.35. The SMILES string of the molecule is Cc1nn(C)c(C)c1C(=O)/C=C\c1cc(F)c(F)c(F)c1. The van der Waals surface area contributed by atoms with Gasteiger partial charge in [0, 0.05) is 12.7 Å². The zero-order chi connectivity index (χ0) is 15.7. The standard InChI is InChI=1S/C15H13F3N2O/c1-8-14(9(2)20(3)19-8)13(21)5-4-10-6-11(16)15(18)12(17)7-10/h4-7H,1-3H3/b5-4-. The summed E-state index contributed by atoms with van der Waals surface area (Å²) < 4.78 is 40.6. The molecule has 0 amide bonds. The van der Waals surface area contributed by atoms with E-state index in [2.05, 4.69) is 5.10 Å². The molecule has 6 heteroatoms. The van der Waals surface area contributed by atoms with Crippen molar-refractivity contribution in [2.24, 2.45) is 7.05 Å². The Labute approximate surface area is 119 Å². The van der Waals surface area contributed by atoms with E-state index in [0.717, 1.165) is 12.1 Å². The number of ketones is 1. The molecule has 110 valence electrons. The molecule has 0 unspecified atom stereocenters. The molecule has 1 heterocycles. The van der Waals surface area contributed by atoms with Crippen LogP contribution in [0.25, 0.3) is 6.08 Å². The lowest BCUT2D eigenvalue weighted by Gasteiger charge is -1.99. The van der Waals surface area contributed by atoms with Gasteiger partial charge in [-0.2, -0.15) is 5.10 Å². The number of allylic oxidation sites excluding steroid dienone is 1. The molecular weight excluding hydrogens is 281 g/mol. The van der Waals surface area contributed by atoms with E-state index < -0.39 is 17.5 Å². The van der Waals surface area contributed by atoms with Crippen LogP contribution in [0.1, 0.15) is 27.3 Å². The molecule has 0 fully saturated rings. The van der Waals surface area contributed by atoms with E-state index >= 15 is 0 Å². The number of hydrogen-bond donors (Lipinski definition) is 0. The Hall–Kier alpha value is -2.37. The number of benzene rings is 1.